The highest BCUT2D eigenvalue weighted by Gasteiger charge is 2.62. The van der Waals surface area contributed by atoms with Gasteiger partial charge in [-0.1, -0.05) is 33.3 Å². The first kappa shape index (κ1) is 16.7. The van der Waals surface area contributed by atoms with E-state index in [0.717, 1.165) is 30.3 Å². The quantitative estimate of drug-likeness (QED) is 0.493. The van der Waals surface area contributed by atoms with Crippen molar-refractivity contribution < 1.29 is 9.53 Å². The highest BCUT2D eigenvalue weighted by atomic mass is 16.5. The van der Waals surface area contributed by atoms with Crippen LogP contribution in [-0.2, 0) is 9.53 Å². The van der Waals surface area contributed by atoms with Crippen molar-refractivity contribution in [1.29, 1.82) is 0 Å². The van der Waals surface area contributed by atoms with Crippen LogP contribution in [0.25, 0.3) is 0 Å². The smallest absolute Gasteiger partial charge is 0.333 e. The molecule has 1 aliphatic heterocycles. The first-order chi connectivity index (χ1) is 11.4. The molecule has 3 saturated carbocycles. The molecule has 134 valence electrons. The van der Waals surface area contributed by atoms with Crippen molar-refractivity contribution in [2.24, 2.45) is 28.1 Å². The molecule has 0 radical (unpaired) electrons. The largest absolute Gasteiger partial charge is 0.462 e. The van der Waals surface area contributed by atoms with Gasteiger partial charge in [0.1, 0.15) is 0 Å². The van der Waals surface area contributed by atoms with E-state index in [-0.39, 0.29) is 5.97 Å². The molecule has 0 aromatic carbocycles. The van der Waals surface area contributed by atoms with Crippen LogP contribution in [0.3, 0.4) is 0 Å². The second-order valence-electron chi connectivity index (χ2n) is 10.0. The summed E-state index contributed by atoms with van der Waals surface area (Å²) in [6.45, 7) is 8.26. The zero-order valence-electron chi connectivity index (χ0n) is 15.8. The molecule has 4 aliphatic rings. The average molecular weight is 331 g/mol. The maximum absolute atomic E-state index is 11.7. The summed E-state index contributed by atoms with van der Waals surface area (Å²) in [5.41, 5.74) is 2.62. The normalized spacial score (nSPS) is 41.3. The fraction of sp³-hybridized carbons (Fsp3) is 0.864. The number of rotatable bonds is 3. The van der Waals surface area contributed by atoms with Crippen LogP contribution in [0.1, 0.15) is 85.0 Å². The van der Waals surface area contributed by atoms with Gasteiger partial charge in [0.15, 0.2) is 0 Å². The van der Waals surface area contributed by atoms with Crippen LogP contribution in [-0.4, -0.2) is 12.6 Å². The van der Waals surface area contributed by atoms with Crippen molar-refractivity contribution in [1.82, 2.24) is 0 Å². The van der Waals surface area contributed by atoms with Crippen LogP contribution in [0.5, 0.6) is 0 Å². The summed E-state index contributed by atoms with van der Waals surface area (Å²) in [6.07, 6.45) is 15.4. The van der Waals surface area contributed by atoms with Gasteiger partial charge in [-0.05, 0) is 79.4 Å². The van der Waals surface area contributed by atoms with E-state index in [1.54, 1.807) is 0 Å². The second-order valence-corrected chi connectivity index (χ2v) is 10.0. The predicted octanol–water partition coefficient (Wildman–Crippen LogP) is 5.66. The maximum Gasteiger partial charge on any atom is 0.333 e. The van der Waals surface area contributed by atoms with Crippen LogP contribution < -0.4 is 0 Å². The number of hydrogen-bond acceptors (Lipinski definition) is 2. The van der Waals surface area contributed by atoms with Crippen LogP contribution >= 0.6 is 0 Å². The van der Waals surface area contributed by atoms with Crippen molar-refractivity contribution >= 4 is 5.97 Å². The third-order valence-corrected chi connectivity index (χ3v) is 8.35. The molecule has 3 aliphatic carbocycles. The molecule has 3 atom stereocenters. The number of allylic oxidation sites excluding steroid dienone is 1. The molecular weight excluding hydrogens is 296 g/mol. The molecule has 2 heteroatoms. The lowest BCUT2D eigenvalue weighted by atomic mass is 9.45. The summed E-state index contributed by atoms with van der Waals surface area (Å²) < 4.78 is 5.09. The van der Waals surface area contributed by atoms with Crippen molar-refractivity contribution in [2.75, 3.05) is 6.61 Å². The Hall–Kier alpha value is -0.790. The highest BCUT2D eigenvalue weighted by molar-refractivity contribution is 5.90. The Kier molecular flexibility index (Phi) is 3.89. The van der Waals surface area contributed by atoms with Gasteiger partial charge in [0.05, 0.1) is 6.61 Å². The molecule has 4 rings (SSSR count). The van der Waals surface area contributed by atoms with Gasteiger partial charge in [0, 0.05) is 12.0 Å². The summed E-state index contributed by atoms with van der Waals surface area (Å²) in [5.74, 6) is 1.68. The SMILES string of the molecule is CC1(C)CCC[C@@]2(C)[C@H]1CCC1(CC1)[C@@H]2CCC=C1CCOC1=O. The maximum atomic E-state index is 11.7. The number of carbonyl (C=O) groups excluding carboxylic acids is 1. The van der Waals surface area contributed by atoms with Crippen molar-refractivity contribution in [3.63, 3.8) is 0 Å². The van der Waals surface area contributed by atoms with Gasteiger partial charge in [-0.15, -0.1) is 0 Å². The van der Waals surface area contributed by atoms with E-state index < -0.39 is 0 Å². The molecule has 0 bridgehead atoms. The summed E-state index contributed by atoms with van der Waals surface area (Å²) >= 11 is 0. The van der Waals surface area contributed by atoms with Gasteiger partial charge in [0.2, 0.25) is 0 Å². The zero-order valence-corrected chi connectivity index (χ0v) is 15.8. The topological polar surface area (TPSA) is 26.3 Å². The first-order valence-electron chi connectivity index (χ1n) is 10.2. The summed E-state index contributed by atoms with van der Waals surface area (Å²) in [5, 5.41) is 0. The Balaban J connectivity index is 1.53. The number of fused-ring (bicyclic) bond motifs is 1. The van der Waals surface area contributed by atoms with Crippen molar-refractivity contribution in [3.8, 4) is 0 Å². The Morgan fingerprint density at radius 3 is 2.58 bits per heavy atom. The monoisotopic (exact) mass is 330 g/mol. The molecule has 0 aromatic rings. The lowest BCUT2D eigenvalue weighted by molar-refractivity contribution is -0.135. The summed E-state index contributed by atoms with van der Waals surface area (Å²) in [6, 6.07) is 0. The zero-order chi connectivity index (χ0) is 17.0. The fourth-order valence-electron chi connectivity index (χ4n) is 7.06. The number of hydrogen-bond donors (Lipinski definition) is 0. The Morgan fingerprint density at radius 1 is 1.12 bits per heavy atom. The van der Waals surface area contributed by atoms with Gasteiger partial charge in [-0.3, -0.25) is 0 Å². The lowest BCUT2D eigenvalue weighted by Crippen LogP contribution is -2.52. The van der Waals surface area contributed by atoms with Gasteiger partial charge in [-0.25, -0.2) is 4.79 Å². The van der Waals surface area contributed by atoms with Gasteiger partial charge in [-0.2, -0.15) is 0 Å². The minimum atomic E-state index is -0.0670. The van der Waals surface area contributed by atoms with Crippen LogP contribution in [0, 0.1) is 28.1 Å². The van der Waals surface area contributed by atoms with E-state index in [1.165, 1.54) is 51.4 Å². The lowest BCUT2D eigenvalue weighted by Gasteiger charge is -2.60. The fourth-order valence-corrected chi connectivity index (χ4v) is 7.06. The molecule has 1 heterocycles. The first-order valence-corrected chi connectivity index (χ1v) is 10.2. The molecule has 4 fully saturated rings. The van der Waals surface area contributed by atoms with Crippen LogP contribution in [0.2, 0.25) is 0 Å². The minimum Gasteiger partial charge on any atom is -0.462 e. The molecule has 1 saturated heterocycles. The molecule has 1 spiro atoms. The van der Waals surface area contributed by atoms with E-state index in [2.05, 4.69) is 26.8 Å². The van der Waals surface area contributed by atoms with Gasteiger partial charge < -0.3 is 4.74 Å². The highest BCUT2D eigenvalue weighted by Crippen LogP contribution is 2.72. The number of carbonyl (C=O) groups is 1. The van der Waals surface area contributed by atoms with E-state index in [4.69, 9.17) is 4.74 Å². The Morgan fingerprint density at radius 2 is 1.92 bits per heavy atom. The van der Waals surface area contributed by atoms with Crippen molar-refractivity contribution in [3.05, 3.63) is 11.6 Å². The van der Waals surface area contributed by atoms with Gasteiger partial charge in [0.25, 0.3) is 0 Å². The number of ether oxygens (including phenoxy) is 1. The Labute approximate surface area is 147 Å². The van der Waals surface area contributed by atoms with Gasteiger partial charge >= 0.3 is 5.97 Å². The van der Waals surface area contributed by atoms with E-state index in [9.17, 15) is 4.79 Å². The molecule has 2 nitrogen and oxygen atoms in total. The van der Waals surface area contributed by atoms with Crippen LogP contribution in [0.15, 0.2) is 11.6 Å². The average Bonchev–Trinajstić information content (AvgIpc) is 3.16. The summed E-state index contributed by atoms with van der Waals surface area (Å²) in [7, 11) is 0. The molecule has 0 N–H and O–H groups in total. The van der Waals surface area contributed by atoms with E-state index >= 15 is 0 Å². The van der Waals surface area contributed by atoms with E-state index in [0.29, 0.717) is 22.9 Å². The molecule has 24 heavy (non-hydrogen) atoms. The summed E-state index contributed by atoms with van der Waals surface area (Å²) in [4.78, 5) is 11.7. The third-order valence-electron chi connectivity index (χ3n) is 8.35. The predicted molar refractivity (Wildman–Crippen MR) is 96.5 cm³/mol. The third kappa shape index (κ3) is 2.56. The minimum absolute atomic E-state index is 0.0670. The molecular formula is C22H34O2. The van der Waals surface area contributed by atoms with Crippen LogP contribution in [0.4, 0.5) is 0 Å². The number of esters is 1. The second kappa shape index (κ2) is 5.61. The van der Waals surface area contributed by atoms with Crippen molar-refractivity contribution in [2.45, 2.75) is 85.0 Å². The van der Waals surface area contributed by atoms with E-state index in [1.807, 2.05) is 0 Å². The number of cyclic esters (lactones) is 1. The molecule has 0 aromatic heterocycles. The standard InChI is InChI=1S/C22H34O2/c1-20(2)10-5-11-21(3)17(20)8-12-22(13-14-22)18(21)7-4-6-16-9-15-24-19(16)23/h6,17-18H,4-5,7-15H2,1-3H3/t17-,18+,21-/m0/s1. The molecule has 0 amide bonds. The molecule has 0 unspecified atom stereocenters. The Bertz CT molecular complexity index is 554.